The first-order chi connectivity index (χ1) is 60.6. The normalized spacial score (nSPS) is 21.5. The van der Waals surface area contributed by atoms with Gasteiger partial charge in [0, 0.05) is 142 Å². The van der Waals surface area contributed by atoms with Crippen LogP contribution >= 0.6 is 0 Å². The van der Waals surface area contributed by atoms with E-state index in [1.807, 2.05) is 0 Å². The second-order valence-electron chi connectivity index (χ2n) is 47.0. The van der Waals surface area contributed by atoms with Gasteiger partial charge in [-0.2, -0.15) is 44.9 Å². The van der Waals surface area contributed by atoms with Gasteiger partial charge in [0.15, 0.2) is 0 Å². The Balaban J connectivity index is 0.993. The van der Waals surface area contributed by atoms with Crippen LogP contribution in [-0.2, 0) is 28.6 Å². The Bertz CT molecular complexity index is 3380. The maximum absolute atomic E-state index is 14.5. The second kappa shape index (κ2) is 44.9. The van der Waals surface area contributed by atoms with Crippen molar-refractivity contribution in [2.75, 3.05) is 128 Å². The Morgan fingerprint density at radius 3 is 0.531 bits per heavy atom. The summed E-state index contributed by atoms with van der Waals surface area (Å²) in [4.78, 5) is 106. The average Bonchev–Trinajstić information content (AvgIpc) is 0.813. The molecule has 0 aromatic carbocycles. The molecule has 6 N–H and O–H groups in total. The van der Waals surface area contributed by atoms with Gasteiger partial charge in [0.1, 0.15) is 39.6 Å². The summed E-state index contributed by atoms with van der Waals surface area (Å²) in [6.07, 6.45) is 22.0. The molecule has 9 rings (SSSR count). The fraction of sp³-hybridized carbons (Fsp3) is 0.879. The molecule has 9 heterocycles. The number of hydrogen-bond donors (Lipinski definition) is 6. The summed E-state index contributed by atoms with van der Waals surface area (Å²) in [7, 11) is 0. The Morgan fingerprint density at radius 1 is 0.246 bits per heavy atom. The van der Waals surface area contributed by atoms with Crippen molar-refractivity contribution in [1.82, 2.24) is 81.7 Å². The Kier molecular flexibility index (Phi) is 37.0. The molecule has 6 aliphatic rings. The predicted molar refractivity (Wildman–Crippen MR) is 525 cm³/mol. The van der Waals surface area contributed by atoms with Gasteiger partial charge in [-0.1, -0.05) is 80.1 Å². The number of nitrogens with one attached hydrogen (secondary N) is 6. The quantitative estimate of drug-likeness (QED) is 0.0174. The van der Waals surface area contributed by atoms with E-state index in [2.05, 4.69) is 269 Å². The third kappa shape index (κ3) is 33.1. The third-order valence-corrected chi connectivity index (χ3v) is 26.3. The highest BCUT2D eigenvalue weighted by atomic mass is 16.6. The lowest BCUT2D eigenvalue weighted by molar-refractivity contribution is -0.152. The van der Waals surface area contributed by atoms with Gasteiger partial charge in [-0.05, 0) is 282 Å². The molecular formula is C99H180N22O9. The maximum Gasteiger partial charge on any atom is 0.323 e. The standard InChI is InChI=1S/C99H180N22O9/c1-31-37-43-116(70-55-88(7,8)109-89(9,10)56-70)79-100-80(117(44-38-32-2)71-57-90(11,12)110-91(13,14)58-71)104-85(103-79)128-52-49-125-76(122)67-115(68-77(123)126-50-53-129-86-105-81(118(45-39-33-3)72-59-92(15,16)111-93(17,18)60-72)101-82(106-86)119(46-40-34-4)73-61-94(19,20)112-95(21,22)62-73)69-78(124)127-51-54-130-87-107-83(120(47-41-35-5)74-63-96(23,24)113-97(25,26)64-74)102-84(108-87)121(48-42-36-6)75-65-98(27,28)114-99(29,30)66-75/h70-75,109-114H,31-69H2,1-30H3. The first-order valence-electron chi connectivity index (χ1n) is 50.3. The smallest absolute Gasteiger partial charge is 0.323 e. The number of hydrogen-bond acceptors (Lipinski definition) is 31. The van der Waals surface area contributed by atoms with E-state index >= 15 is 0 Å². The monoisotopic (exact) mass is 1820 g/mol. The van der Waals surface area contributed by atoms with Gasteiger partial charge in [0.25, 0.3) is 0 Å². The molecule has 3 aromatic rings. The van der Waals surface area contributed by atoms with Crippen LogP contribution in [0.5, 0.6) is 18.0 Å². The minimum Gasteiger partial charge on any atom is -0.461 e. The number of carbonyl (C=O) groups is 3. The molecule has 0 saturated carbocycles. The first kappa shape index (κ1) is 107. The van der Waals surface area contributed by atoms with Crippen molar-refractivity contribution >= 4 is 53.6 Å². The molecule has 31 nitrogen and oxygen atoms in total. The maximum atomic E-state index is 14.5. The van der Waals surface area contributed by atoms with Gasteiger partial charge in [-0.15, -0.1) is 0 Å². The van der Waals surface area contributed by atoms with Gasteiger partial charge in [-0.25, -0.2) is 0 Å². The van der Waals surface area contributed by atoms with E-state index in [1.54, 1.807) is 0 Å². The molecule has 3 aromatic heterocycles. The Hall–Kier alpha value is -6.64. The van der Waals surface area contributed by atoms with E-state index in [1.165, 1.54) is 4.90 Å². The minimum absolute atomic E-state index is 0.107. The largest absolute Gasteiger partial charge is 0.461 e. The molecule has 0 bridgehead atoms. The lowest BCUT2D eigenvalue weighted by Gasteiger charge is -2.50. The molecule has 6 aliphatic heterocycles. The number of anilines is 6. The topological polar surface area (TPSA) is 317 Å². The van der Waals surface area contributed by atoms with Crippen molar-refractivity contribution in [3.63, 3.8) is 0 Å². The molecule has 0 amide bonds. The number of rotatable bonds is 48. The number of esters is 3. The van der Waals surface area contributed by atoms with Crippen molar-refractivity contribution in [3.8, 4) is 18.0 Å². The van der Waals surface area contributed by atoms with Crippen LogP contribution in [0.3, 0.4) is 0 Å². The van der Waals surface area contributed by atoms with Crippen LogP contribution < -0.4 is 75.5 Å². The third-order valence-electron chi connectivity index (χ3n) is 26.3. The molecule has 6 saturated heterocycles. The van der Waals surface area contributed by atoms with Crippen LogP contribution in [0.15, 0.2) is 0 Å². The number of ether oxygens (including phenoxy) is 6. The summed E-state index contributed by atoms with van der Waals surface area (Å²) >= 11 is 0. The lowest BCUT2D eigenvalue weighted by atomic mass is 9.79. The molecule has 0 unspecified atom stereocenters. The molecule has 130 heavy (non-hydrogen) atoms. The SMILES string of the molecule is CCCCN(c1nc(OCCOC(=O)CN(CC(=O)OCCOc2nc(N(CCCC)C3CC(C)(C)NC(C)(C)C3)nc(N(CCCC)C3CC(C)(C)NC(C)(C)C3)n2)CC(=O)OCCOc2nc(N(CCCC)C3CC(C)(C)NC(C)(C)C3)nc(N(CCCC)C3CC(C)(C)NC(C)(C)C3)n2)nc(N(CCCC)C2CC(C)(C)NC(C)(C)C2)n1)C1CC(C)(C)NC(C)(C)C1. The van der Waals surface area contributed by atoms with Crippen molar-refractivity contribution in [2.24, 2.45) is 0 Å². The van der Waals surface area contributed by atoms with Gasteiger partial charge in [0.2, 0.25) is 35.7 Å². The first-order valence-corrected chi connectivity index (χ1v) is 50.3. The van der Waals surface area contributed by atoms with Gasteiger partial charge < -0.3 is 89.7 Å². The molecule has 0 atom stereocenters. The van der Waals surface area contributed by atoms with Gasteiger partial charge >= 0.3 is 35.9 Å². The highest BCUT2D eigenvalue weighted by Crippen LogP contribution is 2.43. The van der Waals surface area contributed by atoms with E-state index in [0.717, 1.165) is 193 Å². The van der Waals surface area contributed by atoms with E-state index in [-0.39, 0.29) is 160 Å². The number of aromatic nitrogens is 9. The van der Waals surface area contributed by atoms with Crippen molar-refractivity contribution in [3.05, 3.63) is 0 Å². The molecule has 0 aliphatic carbocycles. The Labute approximate surface area is 784 Å². The zero-order valence-corrected chi connectivity index (χ0v) is 86.9. The average molecular weight is 1820 g/mol. The van der Waals surface area contributed by atoms with Crippen LogP contribution in [0, 0.1) is 0 Å². The summed E-state index contributed by atoms with van der Waals surface area (Å²) in [5.41, 5.74) is -1.90. The van der Waals surface area contributed by atoms with Gasteiger partial charge in [-0.3, -0.25) is 19.3 Å². The van der Waals surface area contributed by atoms with Crippen molar-refractivity contribution in [2.45, 2.75) is 465 Å². The summed E-state index contributed by atoms with van der Waals surface area (Å²) in [5.74, 6) is 1.18. The predicted octanol–water partition coefficient (Wildman–Crippen LogP) is 15.2. The Morgan fingerprint density at radius 2 is 0.392 bits per heavy atom. The number of carbonyl (C=O) groups excluding carboxylic acids is 3. The van der Waals surface area contributed by atoms with E-state index in [0.29, 0.717) is 35.7 Å². The molecule has 31 heteroatoms. The van der Waals surface area contributed by atoms with Crippen LogP contribution in [0.2, 0.25) is 0 Å². The van der Waals surface area contributed by atoms with E-state index < -0.39 is 37.5 Å². The zero-order valence-electron chi connectivity index (χ0n) is 86.9. The number of piperidine rings is 6. The van der Waals surface area contributed by atoms with Crippen LogP contribution in [-0.4, -0.2) is 269 Å². The zero-order chi connectivity index (χ0) is 95.9. The van der Waals surface area contributed by atoms with Crippen LogP contribution in [0.1, 0.15) is 362 Å². The fourth-order valence-corrected chi connectivity index (χ4v) is 23.3. The van der Waals surface area contributed by atoms with Crippen molar-refractivity contribution in [1.29, 1.82) is 0 Å². The molecule has 740 valence electrons. The highest BCUT2D eigenvalue weighted by Gasteiger charge is 2.49. The minimum atomic E-state index is -0.720. The van der Waals surface area contributed by atoms with Crippen LogP contribution in [0.4, 0.5) is 35.7 Å². The second-order valence-corrected chi connectivity index (χ2v) is 47.0. The fourth-order valence-electron chi connectivity index (χ4n) is 23.3. The molecule has 6 fully saturated rings. The molecular weight excluding hydrogens is 1640 g/mol. The summed E-state index contributed by atoms with van der Waals surface area (Å²) in [6, 6.07) is 1.05. The number of nitrogens with zero attached hydrogens (tertiary/aromatic N) is 16. The summed E-state index contributed by atoms with van der Waals surface area (Å²) < 4.78 is 37.7. The van der Waals surface area contributed by atoms with Gasteiger partial charge in [0.05, 0.1) is 19.6 Å². The van der Waals surface area contributed by atoms with Crippen molar-refractivity contribution < 1.29 is 42.8 Å². The highest BCUT2D eigenvalue weighted by molar-refractivity contribution is 5.78. The molecule has 0 radical (unpaired) electrons. The van der Waals surface area contributed by atoms with Crippen LogP contribution in [0.25, 0.3) is 0 Å². The van der Waals surface area contributed by atoms with E-state index in [4.69, 9.17) is 73.3 Å². The molecule has 0 spiro atoms. The lowest BCUT2D eigenvalue weighted by Crippen LogP contribution is -2.63. The summed E-state index contributed by atoms with van der Waals surface area (Å²) in [6.45, 7) is 69.8. The number of unbranched alkanes of at least 4 members (excludes halogenated alkanes) is 6. The van der Waals surface area contributed by atoms with E-state index in [9.17, 15) is 14.4 Å². The summed E-state index contributed by atoms with van der Waals surface area (Å²) in [5, 5.41) is 23.3.